The lowest BCUT2D eigenvalue weighted by Crippen LogP contribution is -2.08. The Morgan fingerprint density at radius 2 is 1.95 bits per heavy atom. The van der Waals surface area contributed by atoms with Crippen molar-refractivity contribution in [1.29, 1.82) is 0 Å². The molecule has 0 radical (unpaired) electrons. The summed E-state index contributed by atoms with van der Waals surface area (Å²) in [6.45, 7) is 3.06. The predicted molar refractivity (Wildman–Crippen MR) is 82.0 cm³/mol. The molecule has 0 bridgehead atoms. The minimum Gasteiger partial charge on any atom is -0.369 e. The fourth-order valence-electron chi connectivity index (χ4n) is 2.39. The highest BCUT2D eigenvalue weighted by Gasteiger charge is 2.38. The van der Waals surface area contributed by atoms with E-state index in [1.165, 1.54) is 5.56 Å². The molecule has 104 valence electrons. The van der Waals surface area contributed by atoms with Gasteiger partial charge in [-0.05, 0) is 18.4 Å². The Morgan fingerprint density at radius 1 is 1.15 bits per heavy atom. The highest BCUT2D eigenvalue weighted by Crippen LogP contribution is 2.42. The monoisotopic (exact) mass is 268 g/mol. The van der Waals surface area contributed by atoms with Crippen molar-refractivity contribution in [2.45, 2.75) is 31.7 Å². The standard InChI is InChI=1S/C16H20N4/c1-2-8-18-15-10-17-11-16(20-15)19-14-9-13(14)12-6-4-3-5-7-12/h3-7,10-11,13-14H,2,8-9H2,1H3,(H2,18,19,20). The Balaban J connectivity index is 1.59. The van der Waals surface area contributed by atoms with Gasteiger partial charge in [-0.1, -0.05) is 37.3 Å². The molecule has 2 atom stereocenters. The van der Waals surface area contributed by atoms with E-state index in [4.69, 9.17) is 0 Å². The van der Waals surface area contributed by atoms with E-state index < -0.39 is 0 Å². The quantitative estimate of drug-likeness (QED) is 0.844. The summed E-state index contributed by atoms with van der Waals surface area (Å²) >= 11 is 0. The van der Waals surface area contributed by atoms with Crippen molar-refractivity contribution < 1.29 is 0 Å². The minimum atomic E-state index is 0.480. The molecule has 3 rings (SSSR count). The van der Waals surface area contributed by atoms with Gasteiger partial charge in [0.2, 0.25) is 0 Å². The van der Waals surface area contributed by atoms with Crippen LogP contribution in [0, 0.1) is 0 Å². The van der Waals surface area contributed by atoms with E-state index >= 15 is 0 Å². The molecule has 1 heterocycles. The third kappa shape index (κ3) is 3.07. The molecule has 2 unspecified atom stereocenters. The third-order valence-corrected chi connectivity index (χ3v) is 3.54. The van der Waals surface area contributed by atoms with Crippen molar-refractivity contribution >= 4 is 11.6 Å². The molecule has 1 fully saturated rings. The smallest absolute Gasteiger partial charge is 0.147 e. The number of hydrogen-bond donors (Lipinski definition) is 2. The van der Waals surface area contributed by atoms with Crippen LogP contribution in [0.3, 0.4) is 0 Å². The Morgan fingerprint density at radius 3 is 2.75 bits per heavy atom. The van der Waals surface area contributed by atoms with Crippen LogP contribution in [0.1, 0.15) is 31.2 Å². The van der Waals surface area contributed by atoms with Crippen LogP contribution >= 0.6 is 0 Å². The predicted octanol–water partition coefficient (Wildman–Crippen LogP) is 3.27. The average Bonchev–Trinajstić information content (AvgIpc) is 3.26. The zero-order valence-corrected chi connectivity index (χ0v) is 11.7. The van der Waals surface area contributed by atoms with Gasteiger partial charge in [0.15, 0.2) is 0 Å². The maximum atomic E-state index is 4.53. The number of hydrogen-bond acceptors (Lipinski definition) is 4. The summed E-state index contributed by atoms with van der Waals surface area (Å²) in [4.78, 5) is 8.76. The minimum absolute atomic E-state index is 0.480. The second-order valence-corrected chi connectivity index (χ2v) is 5.22. The Hall–Kier alpha value is -2.10. The molecular weight excluding hydrogens is 248 g/mol. The fraction of sp³-hybridized carbons (Fsp3) is 0.375. The van der Waals surface area contributed by atoms with Crippen LogP contribution in [-0.2, 0) is 0 Å². The number of nitrogens with one attached hydrogen (secondary N) is 2. The van der Waals surface area contributed by atoms with Gasteiger partial charge in [-0.3, -0.25) is 4.98 Å². The summed E-state index contributed by atoms with van der Waals surface area (Å²) in [7, 11) is 0. The van der Waals surface area contributed by atoms with Crippen LogP contribution in [0.2, 0.25) is 0 Å². The molecule has 20 heavy (non-hydrogen) atoms. The van der Waals surface area contributed by atoms with Gasteiger partial charge in [-0.15, -0.1) is 0 Å². The zero-order valence-electron chi connectivity index (χ0n) is 11.7. The summed E-state index contributed by atoms with van der Waals surface area (Å²) in [5.74, 6) is 2.30. The Bertz CT molecular complexity index is 555. The molecule has 1 aliphatic carbocycles. The number of benzene rings is 1. The molecule has 0 spiro atoms. The largest absolute Gasteiger partial charge is 0.369 e. The number of rotatable bonds is 6. The first kappa shape index (κ1) is 12.9. The molecule has 0 amide bonds. The van der Waals surface area contributed by atoms with Crippen LogP contribution in [0.5, 0.6) is 0 Å². The maximum absolute atomic E-state index is 4.53. The molecule has 4 heteroatoms. The van der Waals surface area contributed by atoms with E-state index in [-0.39, 0.29) is 0 Å². The normalized spacial score (nSPS) is 20.4. The van der Waals surface area contributed by atoms with Crippen LogP contribution in [0.25, 0.3) is 0 Å². The van der Waals surface area contributed by atoms with Gasteiger partial charge in [0.25, 0.3) is 0 Å². The molecule has 4 nitrogen and oxygen atoms in total. The topological polar surface area (TPSA) is 49.8 Å². The lowest BCUT2D eigenvalue weighted by atomic mass is 10.1. The second kappa shape index (κ2) is 5.90. The van der Waals surface area contributed by atoms with E-state index in [9.17, 15) is 0 Å². The zero-order chi connectivity index (χ0) is 13.8. The maximum Gasteiger partial charge on any atom is 0.147 e. The van der Waals surface area contributed by atoms with E-state index in [1.807, 2.05) is 0 Å². The van der Waals surface area contributed by atoms with Crippen LogP contribution < -0.4 is 10.6 Å². The van der Waals surface area contributed by atoms with E-state index in [0.29, 0.717) is 12.0 Å². The Labute approximate surface area is 119 Å². The molecule has 1 aromatic heterocycles. The fourth-order valence-corrected chi connectivity index (χ4v) is 2.39. The highest BCUT2D eigenvalue weighted by atomic mass is 15.1. The molecule has 0 aliphatic heterocycles. The number of anilines is 2. The van der Waals surface area contributed by atoms with Crippen molar-refractivity contribution in [1.82, 2.24) is 9.97 Å². The van der Waals surface area contributed by atoms with Crippen molar-refractivity contribution in [2.75, 3.05) is 17.2 Å². The van der Waals surface area contributed by atoms with Crippen LogP contribution in [0.4, 0.5) is 11.6 Å². The van der Waals surface area contributed by atoms with Gasteiger partial charge in [-0.25, -0.2) is 4.98 Å². The first-order chi connectivity index (χ1) is 9.86. The molecular formula is C16H20N4. The molecule has 2 N–H and O–H groups in total. The molecule has 1 saturated carbocycles. The van der Waals surface area contributed by atoms with Crippen LogP contribution in [-0.4, -0.2) is 22.6 Å². The van der Waals surface area contributed by atoms with Crippen molar-refractivity contribution in [3.8, 4) is 0 Å². The summed E-state index contributed by atoms with van der Waals surface area (Å²) in [6.07, 6.45) is 5.80. The van der Waals surface area contributed by atoms with E-state index in [1.54, 1.807) is 12.4 Å². The van der Waals surface area contributed by atoms with Gasteiger partial charge < -0.3 is 10.6 Å². The summed E-state index contributed by atoms with van der Waals surface area (Å²) in [5, 5.41) is 6.73. The molecule has 1 aliphatic rings. The Kier molecular flexibility index (Phi) is 3.81. The molecule has 1 aromatic carbocycles. The van der Waals surface area contributed by atoms with Crippen molar-refractivity contribution in [2.24, 2.45) is 0 Å². The molecule has 2 aromatic rings. The number of nitrogens with zero attached hydrogens (tertiary/aromatic N) is 2. The first-order valence-corrected chi connectivity index (χ1v) is 7.24. The summed E-state index contributed by atoms with van der Waals surface area (Å²) < 4.78 is 0. The van der Waals surface area contributed by atoms with Crippen LogP contribution in [0.15, 0.2) is 42.7 Å². The average molecular weight is 268 g/mol. The van der Waals surface area contributed by atoms with Crippen molar-refractivity contribution in [3.05, 3.63) is 48.3 Å². The highest BCUT2D eigenvalue weighted by molar-refractivity contribution is 5.45. The second-order valence-electron chi connectivity index (χ2n) is 5.22. The SMILES string of the molecule is CCCNc1cncc(NC2CC2c2ccccc2)n1. The van der Waals surface area contributed by atoms with Crippen molar-refractivity contribution in [3.63, 3.8) is 0 Å². The summed E-state index contributed by atoms with van der Waals surface area (Å²) in [6, 6.07) is 11.1. The van der Waals surface area contributed by atoms with E-state index in [2.05, 4.69) is 57.9 Å². The lowest BCUT2D eigenvalue weighted by molar-refractivity contribution is 0.960. The summed E-state index contributed by atoms with van der Waals surface area (Å²) in [5.41, 5.74) is 1.40. The van der Waals surface area contributed by atoms with Gasteiger partial charge in [0, 0.05) is 18.5 Å². The third-order valence-electron chi connectivity index (χ3n) is 3.54. The van der Waals surface area contributed by atoms with Gasteiger partial charge in [-0.2, -0.15) is 0 Å². The molecule has 0 saturated heterocycles. The van der Waals surface area contributed by atoms with Gasteiger partial charge in [0.1, 0.15) is 11.6 Å². The first-order valence-electron chi connectivity index (χ1n) is 7.24. The van der Waals surface area contributed by atoms with Gasteiger partial charge in [0.05, 0.1) is 12.4 Å². The van der Waals surface area contributed by atoms with E-state index in [0.717, 1.165) is 31.0 Å². The van der Waals surface area contributed by atoms with Gasteiger partial charge >= 0.3 is 0 Å². The lowest BCUT2D eigenvalue weighted by Gasteiger charge is -2.08. The number of aromatic nitrogens is 2.